The number of carbonyl (C=O) groups is 1. The van der Waals surface area contributed by atoms with Gasteiger partial charge in [-0.25, -0.2) is 4.98 Å². The molecule has 102 valence electrons. The van der Waals surface area contributed by atoms with E-state index in [9.17, 15) is 14.9 Å². The summed E-state index contributed by atoms with van der Waals surface area (Å²) in [6.07, 6.45) is 4.21. The third-order valence-electron chi connectivity index (χ3n) is 2.17. The minimum atomic E-state index is -0.473. The van der Waals surface area contributed by atoms with Crippen molar-refractivity contribution in [3.8, 4) is 0 Å². The van der Waals surface area contributed by atoms with Gasteiger partial charge < -0.3 is 5.32 Å². The van der Waals surface area contributed by atoms with Crippen LogP contribution in [0.25, 0.3) is 6.08 Å². The number of rotatable bonds is 4. The van der Waals surface area contributed by atoms with Gasteiger partial charge in [0.1, 0.15) is 5.82 Å². The summed E-state index contributed by atoms with van der Waals surface area (Å²) in [7, 11) is 0. The summed E-state index contributed by atoms with van der Waals surface area (Å²) in [5, 5.41) is 13.6. The average Bonchev–Trinajstić information content (AvgIpc) is 2.88. The van der Waals surface area contributed by atoms with Crippen molar-refractivity contribution in [2.75, 3.05) is 5.32 Å². The second-order valence-corrected chi connectivity index (χ2v) is 5.15. The summed E-state index contributed by atoms with van der Waals surface area (Å²) >= 11 is 6.67. The van der Waals surface area contributed by atoms with E-state index in [1.165, 1.54) is 24.4 Å². The number of pyridine rings is 1. The number of hydrogen-bond donors (Lipinski definition) is 1. The molecular weight excluding hydrogens is 302 g/mol. The molecule has 2 heterocycles. The van der Waals surface area contributed by atoms with Gasteiger partial charge in [-0.2, -0.15) is 0 Å². The van der Waals surface area contributed by atoms with Crippen molar-refractivity contribution < 1.29 is 9.72 Å². The van der Waals surface area contributed by atoms with Crippen LogP contribution in [0.2, 0.25) is 5.02 Å². The Morgan fingerprint density at radius 1 is 1.40 bits per heavy atom. The van der Waals surface area contributed by atoms with Crippen molar-refractivity contribution in [2.24, 2.45) is 0 Å². The Bertz CT molecular complexity index is 667. The lowest BCUT2D eigenvalue weighted by Crippen LogP contribution is -2.08. The molecule has 20 heavy (non-hydrogen) atoms. The van der Waals surface area contributed by atoms with E-state index >= 15 is 0 Å². The normalized spacial score (nSPS) is 10.7. The monoisotopic (exact) mass is 309 g/mol. The molecule has 0 aliphatic rings. The number of nitro groups is 1. The van der Waals surface area contributed by atoms with Crippen LogP contribution in [0.3, 0.4) is 0 Å². The van der Waals surface area contributed by atoms with Crippen molar-refractivity contribution in [2.45, 2.75) is 0 Å². The quantitative estimate of drug-likeness (QED) is 0.533. The minimum Gasteiger partial charge on any atom is -0.307 e. The Morgan fingerprint density at radius 3 is 2.80 bits per heavy atom. The largest absolute Gasteiger partial charge is 0.324 e. The van der Waals surface area contributed by atoms with Crippen LogP contribution < -0.4 is 5.32 Å². The van der Waals surface area contributed by atoms with E-state index < -0.39 is 4.92 Å². The molecule has 0 saturated heterocycles. The van der Waals surface area contributed by atoms with Crippen LogP contribution in [0, 0.1) is 10.1 Å². The Labute approximate surface area is 122 Å². The third-order valence-corrected chi connectivity index (χ3v) is 3.40. The SMILES string of the molecule is O=C(/C=C/c1ccc([N+](=O)[O-])s1)Nc1ccc(Cl)cn1. The minimum absolute atomic E-state index is 0.0319. The van der Waals surface area contributed by atoms with E-state index in [4.69, 9.17) is 11.6 Å². The van der Waals surface area contributed by atoms with Gasteiger partial charge in [-0.1, -0.05) is 22.9 Å². The number of aromatic nitrogens is 1. The van der Waals surface area contributed by atoms with Gasteiger partial charge in [0.05, 0.1) is 9.95 Å². The molecule has 0 bridgehead atoms. The van der Waals surface area contributed by atoms with Crippen LogP contribution in [-0.4, -0.2) is 15.8 Å². The number of amides is 1. The molecule has 1 N–H and O–H groups in total. The standard InChI is InChI=1S/C12H8ClN3O3S/c13-8-1-4-10(14-7-8)15-11(17)5-2-9-3-6-12(20-9)16(18)19/h1-7H,(H,14,15,17)/b5-2+. The van der Waals surface area contributed by atoms with Crippen LogP contribution >= 0.6 is 22.9 Å². The van der Waals surface area contributed by atoms with E-state index in [1.54, 1.807) is 18.2 Å². The second kappa shape index (κ2) is 6.27. The first-order valence-electron chi connectivity index (χ1n) is 5.39. The molecule has 1 amide bonds. The third kappa shape index (κ3) is 3.87. The Morgan fingerprint density at radius 2 is 2.20 bits per heavy atom. The van der Waals surface area contributed by atoms with Crippen molar-refractivity contribution in [1.29, 1.82) is 0 Å². The van der Waals surface area contributed by atoms with Crippen molar-refractivity contribution in [3.05, 3.63) is 56.6 Å². The van der Waals surface area contributed by atoms with Crippen LogP contribution in [0.1, 0.15) is 4.88 Å². The molecule has 0 unspecified atom stereocenters. The number of nitrogens with zero attached hydrogens (tertiary/aromatic N) is 2. The molecule has 8 heteroatoms. The fourth-order valence-electron chi connectivity index (χ4n) is 1.31. The van der Waals surface area contributed by atoms with E-state index in [-0.39, 0.29) is 10.9 Å². The second-order valence-electron chi connectivity index (χ2n) is 3.62. The summed E-state index contributed by atoms with van der Waals surface area (Å²) in [5.74, 6) is -0.00270. The fraction of sp³-hybridized carbons (Fsp3) is 0. The lowest BCUT2D eigenvalue weighted by molar-refractivity contribution is -0.380. The first-order chi connectivity index (χ1) is 9.54. The van der Waals surface area contributed by atoms with Crippen LogP contribution in [0.5, 0.6) is 0 Å². The zero-order chi connectivity index (χ0) is 14.5. The molecule has 0 fully saturated rings. The maximum absolute atomic E-state index is 11.6. The molecule has 0 saturated carbocycles. The highest BCUT2D eigenvalue weighted by atomic mass is 35.5. The van der Waals surface area contributed by atoms with Crippen molar-refractivity contribution >= 4 is 45.7 Å². The molecule has 0 aliphatic heterocycles. The van der Waals surface area contributed by atoms with Gasteiger partial charge in [0.15, 0.2) is 0 Å². The molecule has 2 aromatic heterocycles. The Kier molecular flexibility index (Phi) is 4.44. The predicted molar refractivity (Wildman–Crippen MR) is 77.9 cm³/mol. The first-order valence-corrected chi connectivity index (χ1v) is 6.59. The average molecular weight is 310 g/mol. The zero-order valence-corrected chi connectivity index (χ0v) is 11.5. The number of halogens is 1. The summed E-state index contributed by atoms with van der Waals surface area (Å²) in [6.45, 7) is 0. The van der Waals surface area contributed by atoms with Gasteiger partial charge in [0, 0.05) is 23.2 Å². The first kappa shape index (κ1) is 14.2. The molecule has 0 atom stereocenters. The molecule has 2 aromatic rings. The van der Waals surface area contributed by atoms with Gasteiger partial charge in [-0.3, -0.25) is 14.9 Å². The van der Waals surface area contributed by atoms with Crippen molar-refractivity contribution in [1.82, 2.24) is 4.98 Å². The Hall–Kier alpha value is -2.25. The fourth-order valence-corrected chi connectivity index (χ4v) is 2.14. The lowest BCUT2D eigenvalue weighted by atomic mass is 10.4. The summed E-state index contributed by atoms with van der Waals surface area (Å²) in [4.78, 5) is 26.2. The molecule has 0 aliphatic carbocycles. The predicted octanol–water partition coefficient (Wildman–Crippen LogP) is 3.36. The molecule has 0 spiro atoms. The number of hydrogen-bond acceptors (Lipinski definition) is 5. The van der Waals surface area contributed by atoms with E-state index in [0.717, 1.165) is 11.3 Å². The number of anilines is 1. The smallest absolute Gasteiger partial charge is 0.307 e. The molecular formula is C12H8ClN3O3S. The highest BCUT2D eigenvalue weighted by Gasteiger charge is 2.08. The molecule has 0 aromatic carbocycles. The highest BCUT2D eigenvalue weighted by Crippen LogP contribution is 2.24. The van der Waals surface area contributed by atoms with Crippen molar-refractivity contribution in [3.63, 3.8) is 0 Å². The van der Waals surface area contributed by atoms with E-state index in [0.29, 0.717) is 15.7 Å². The van der Waals surface area contributed by atoms with Gasteiger partial charge in [-0.05, 0) is 24.3 Å². The lowest BCUT2D eigenvalue weighted by Gasteiger charge is -1.99. The maximum Gasteiger partial charge on any atom is 0.324 e. The molecule has 0 radical (unpaired) electrons. The number of nitrogens with one attached hydrogen (secondary N) is 1. The maximum atomic E-state index is 11.6. The van der Waals surface area contributed by atoms with E-state index in [2.05, 4.69) is 10.3 Å². The zero-order valence-electron chi connectivity index (χ0n) is 9.95. The molecule has 2 rings (SSSR count). The summed E-state index contributed by atoms with van der Waals surface area (Å²) in [6, 6.07) is 6.15. The highest BCUT2D eigenvalue weighted by molar-refractivity contribution is 7.16. The van der Waals surface area contributed by atoms with Crippen LogP contribution in [0.4, 0.5) is 10.8 Å². The summed E-state index contributed by atoms with van der Waals surface area (Å²) < 4.78 is 0. The summed E-state index contributed by atoms with van der Waals surface area (Å²) in [5.41, 5.74) is 0. The van der Waals surface area contributed by atoms with E-state index in [1.807, 2.05) is 0 Å². The van der Waals surface area contributed by atoms with Crippen LogP contribution in [-0.2, 0) is 4.79 Å². The van der Waals surface area contributed by atoms with Crippen LogP contribution in [0.15, 0.2) is 36.5 Å². The Balaban J connectivity index is 1.98. The van der Waals surface area contributed by atoms with Gasteiger partial charge >= 0.3 is 5.00 Å². The number of carbonyl (C=O) groups excluding carboxylic acids is 1. The topological polar surface area (TPSA) is 85.1 Å². The van der Waals surface area contributed by atoms with Gasteiger partial charge in [0.25, 0.3) is 0 Å². The van der Waals surface area contributed by atoms with Gasteiger partial charge in [-0.15, -0.1) is 0 Å². The molecule has 6 nitrogen and oxygen atoms in total. The van der Waals surface area contributed by atoms with Gasteiger partial charge in [0.2, 0.25) is 5.91 Å². The number of thiophene rings is 1.